The molecule has 5 aromatic rings. The first kappa shape index (κ1) is 18.9. The van der Waals surface area contributed by atoms with Crippen LogP contribution in [0.25, 0.3) is 49.0 Å². The highest BCUT2D eigenvalue weighted by atomic mass is 14.6. The Hall–Kier alpha value is -3.78. The van der Waals surface area contributed by atoms with Crippen molar-refractivity contribution in [3.63, 3.8) is 0 Å². The topological polar surface area (TPSA) is 52.0 Å². The molecule has 1 aliphatic carbocycles. The average molecular weight is 415 g/mol. The van der Waals surface area contributed by atoms with E-state index in [0.29, 0.717) is 0 Å². The van der Waals surface area contributed by atoms with Gasteiger partial charge in [0.1, 0.15) is 0 Å². The van der Waals surface area contributed by atoms with Gasteiger partial charge in [-0.15, -0.1) is 0 Å². The maximum absolute atomic E-state index is 6.63. The summed E-state index contributed by atoms with van der Waals surface area (Å²) in [7, 11) is 0. The zero-order valence-corrected chi connectivity index (χ0v) is 18.5. The fourth-order valence-corrected chi connectivity index (χ4v) is 5.56. The van der Waals surface area contributed by atoms with Gasteiger partial charge in [0.25, 0.3) is 0 Å². The summed E-state index contributed by atoms with van der Waals surface area (Å²) < 4.78 is 0. The van der Waals surface area contributed by atoms with Crippen LogP contribution < -0.4 is 11.5 Å². The first-order chi connectivity index (χ1) is 15.5. The van der Waals surface area contributed by atoms with Gasteiger partial charge in [-0.1, -0.05) is 66.7 Å². The lowest BCUT2D eigenvalue weighted by Crippen LogP contribution is -2.06. The number of hydrogen-bond acceptors (Lipinski definition) is 2. The second-order valence-electron chi connectivity index (χ2n) is 9.03. The van der Waals surface area contributed by atoms with E-state index in [0.717, 1.165) is 35.4 Å². The molecular formula is C30H26N2. The normalized spacial score (nSPS) is 14.3. The first-order valence-corrected chi connectivity index (χ1v) is 11.3. The molecule has 0 saturated carbocycles. The van der Waals surface area contributed by atoms with E-state index in [1.54, 1.807) is 0 Å². The minimum Gasteiger partial charge on any atom is -0.402 e. The van der Waals surface area contributed by atoms with Gasteiger partial charge in [-0.25, -0.2) is 0 Å². The minimum atomic E-state index is 0.788. The van der Waals surface area contributed by atoms with Gasteiger partial charge < -0.3 is 11.5 Å². The van der Waals surface area contributed by atoms with Crippen LogP contribution in [0.3, 0.4) is 0 Å². The van der Waals surface area contributed by atoms with Crippen LogP contribution in [0.5, 0.6) is 0 Å². The summed E-state index contributed by atoms with van der Waals surface area (Å²) in [4.78, 5) is 0. The average Bonchev–Trinajstić information content (AvgIpc) is 2.78. The molecule has 0 aromatic heterocycles. The van der Waals surface area contributed by atoms with Gasteiger partial charge in [0.2, 0.25) is 0 Å². The molecule has 0 saturated heterocycles. The van der Waals surface area contributed by atoms with Crippen molar-refractivity contribution in [3.8, 4) is 11.1 Å². The molecule has 0 bridgehead atoms. The van der Waals surface area contributed by atoms with Crippen LogP contribution in [0.15, 0.2) is 78.5 Å². The SMILES string of the molecule is Cc1ccccc1-c1c(C)cc2ccc3cc(N)c(C4=C(N)CCC=C4)c4ccc1c2c34. The van der Waals surface area contributed by atoms with Crippen molar-refractivity contribution < 1.29 is 0 Å². The third-order valence-electron chi connectivity index (χ3n) is 7.02. The lowest BCUT2D eigenvalue weighted by atomic mass is 9.83. The molecule has 4 N–H and O–H groups in total. The van der Waals surface area contributed by atoms with Crippen molar-refractivity contribution in [2.24, 2.45) is 5.73 Å². The summed E-state index contributed by atoms with van der Waals surface area (Å²) in [6.07, 6.45) is 6.21. The van der Waals surface area contributed by atoms with Gasteiger partial charge in [-0.05, 0) is 87.3 Å². The number of allylic oxidation sites excluding steroid dienone is 4. The van der Waals surface area contributed by atoms with Gasteiger partial charge in [-0.3, -0.25) is 0 Å². The summed E-state index contributed by atoms with van der Waals surface area (Å²) in [5.74, 6) is 0. The van der Waals surface area contributed by atoms with E-state index >= 15 is 0 Å². The van der Waals surface area contributed by atoms with E-state index in [2.05, 4.69) is 86.7 Å². The third-order valence-corrected chi connectivity index (χ3v) is 7.02. The molecule has 156 valence electrons. The summed E-state index contributed by atoms with van der Waals surface area (Å²) >= 11 is 0. The molecule has 0 amide bonds. The maximum Gasteiger partial charge on any atom is 0.0406 e. The molecule has 0 unspecified atom stereocenters. The molecule has 32 heavy (non-hydrogen) atoms. The number of rotatable bonds is 2. The Labute approximate surface area is 188 Å². The van der Waals surface area contributed by atoms with Crippen molar-refractivity contribution in [2.45, 2.75) is 26.7 Å². The van der Waals surface area contributed by atoms with E-state index < -0.39 is 0 Å². The summed E-state index contributed by atoms with van der Waals surface area (Å²) in [6, 6.07) is 22.1. The van der Waals surface area contributed by atoms with Gasteiger partial charge in [0.15, 0.2) is 0 Å². The van der Waals surface area contributed by atoms with Crippen LogP contribution in [-0.4, -0.2) is 0 Å². The van der Waals surface area contributed by atoms with Crippen LogP contribution in [0, 0.1) is 13.8 Å². The number of nitrogen functional groups attached to an aromatic ring is 1. The molecule has 0 aliphatic heterocycles. The highest BCUT2D eigenvalue weighted by Crippen LogP contribution is 2.45. The predicted octanol–water partition coefficient (Wildman–Crippen LogP) is 7.47. The Morgan fingerprint density at radius 1 is 0.719 bits per heavy atom. The summed E-state index contributed by atoms with van der Waals surface area (Å²) in [6.45, 7) is 4.41. The van der Waals surface area contributed by atoms with Crippen molar-refractivity contribution in [1.82, 2.24) is 0 Å². The van der Waals surface area contributed by atoms with E-state index in [9.17, 15) is 0 Å². The fraction of sp³-hybridized carbons (Fsp3) is 0.133. The van der Waals surface area contributed by atoms with Crippen LogP contribution in [0.1, 0.15) is 29.5 Å². The number of nitrogens with two attached hydrogens (primary N) is 2. The predicted molar refractivity (Wildman–Crippen MR) is 139 cm³/mol. The van der Waals surface area contributed by atoms with Crippen LogP contribution >= 0.6 is 0 Å². The highest BCUT2D eigenvalue weighted by molar-refractivity contribution is 6.28. The van der Waals surface area contributed by atoms with E-state index in [1.807, 2.05) is 0 Å². The Morgan fingerprint density at radius 3 is 2.12 bits per heavy atom. The van der Waals surface area contributed by atoms with E-state index in [4.69, 9.17) is 11.5 Å². The Balaban J connectivity index is 1.80. The minimum absolute atomic E-state index is 0.788. The summed E-state index contributed by atoms with van der Waals surface area (Å²) in [5.41, 5.74) is 22.1. The molecule has 5 aromatic carbocycles. The number of aryl methyl sites for hydroxylation is 2. The Bertz CT molecular complexity index is 1600. The molecule has 0 atom stereocenters. The van der Waals surface area contributed by atoms with Crippen LogP contribution in [0.4, 0.5) is 5.69 Å². The maximum atomic E-state index is 6.63. The van der Waals surface area contributed by atoms with Gasteiger partial charge in [0, 0.05) is 22.5 Å². The standard InChI is InChI=1S/C30H26N2/c1-17-7-3-4-8-21(17)27-18(2)15-19-11-12-20-16-26(32)30(22-9-5-6-10-25(22)31)24-14-13-23(27)28(19)29(20)24/h3-5,7-9,11-16H,6,10,31-32H2,1-2H3. The number of benzene rings is 5. The number of anilines is 1. The molecule has 0 fully saturated rings. The van der Waals surface area contributed by atoms with Crippen LogP contribution in [-0.2, 0) is 0 Å². The van der Waals surface area contributed by atoms with Crippen molar-refractivity contribution >= 4 is 43.6 Å². The number of hydrogen-bond donors (Lipinski definition) is 2. The molecule has 0 heterocycles. The fourth-order valence-electron chi connectivity index (χ4n) is 5.56. The molecular weight excluding hydrogens is 388 g/mol. The monoisotopic (exact) mass is 414 g/mol. The zero-order valence-electron chi connectivity index (χ0n) is 18.5. The van der Waals surface area contributed by atoms with Gasteiger partial charge in [0.05, 0.1) is 0 Å². The van der Waals surface area contributed by atoms with Crippen LogP contribution in [0.2, 0.25) is 0 Å². The molecule has 2 heteroatoms. The quantitative estimate of drug-likeness (QED) is 0.232. The first-order valence-electron chi connectivity index (χ1n) is 11.3. The Morgan fingerprint density at radius 2 is 1.41 bits per heavy atom. The molecule has 6 rings (SSSR count). The second-order valence-corrected chi connectivity index (χ2v) is 9.03. The largest absolute Gasteiger partial charge is 0.402 e. The Kier molecular flexibility index (Phi) is 4.06. The lowest BCUT2D eigenvalue weighted by Gasteiger charge is -2.21. The molecule has 0 radical (unpaired) electrons. The molecule has 1 aliphatic rings. The smallest absolute Gasteiger partial charge is 0.0406 e. The third kappa shape index (κ3) is 2.59. The zero-order chi connectivity index (χ0) is 22.0. The van der Waals surface area contributed by atoms with E-state index in [-0.39, 0.29) is 0 Å². The van der Waals surface area contributed by atoms with E-state index in [1.165, 1.54) is 54.6 Å². The molecule has 0 spiro atoms. The van der Waals surface area contributed by atoms with Gasteiger partial charge in [-0.2, -0.15) is 0 Å². The molecule has 2 nitrogen and oxygen atoms in total. The van der Waals surface area contributed by atoms with Crippen molar-refractivity contribution in [2.75, 3.05) is 5.73 Å². The lowest BCUT2D eigenvalue weighted by molar-refractivity contribution is 0.951. The second kappa shape index (κ2) is 6.86. The summed E-state index contributed by atoms with van der Waals surface area (Å²) in [5, 5.41) is 7.51. The highest BCUT2D eigenvalue weighted by Gasteiger charge is 2.20. The van der Waals surface area contributed by atoms with Crippen molar-refractivity contribution in [3.05, 3.63) is 95.2 Å². The van der Waals surface area contributed by atoms with Gasteiger partial charge >= 0.3 is 0 Å². The van der Waals surface area contributed by atoms with Crippen molar-refractivity contribution in [1.29, 1.82) is 0 Å².